The Balaban J connectivity index is 1.49. The van der Waals surface area contributed by atoms with Crippen molar-refractivity contribution in [2.45, 2.75) is 11.6 Å². The zero-order chi connectivity index (χ0) is 17.6. The molecule has 0 atom stereocenters. The number of rotatable bonds is 6. The summed E-state index contributed by atoms with van der Waals surface area (Å²) < 4.78 is 7.15. The maximum Gasteiger partial charge on any atom is 0.277 e. The lowest BCUT2D eigenvalue weighted by molar-refractivity contribution is -0.117. The molecule has 25 heavy (non-hydrogen) atoms. The molecule has 0 radical (unpaired) electrons. The van der Waals surface area contributed by atoms with Crippen molar-refractivity contribution in [3.63, 3.8) is 0 Å². The second-order valence-electron chi connectivity index (χ2n) is 5.29. The molecule has 3 aromatic rings. The van der Waals surface area contributed by atoms with E-state index in [4.69, 9.17) is 4.42 Å². The molecule has 1 aromatic carbocycles. The highest BCUT2D eigenvalue weighted by atomic mass is 32.2. The van der Waals surface area contributed by atoms with Gasteiger partial charge in [-0.15, -0.1) is 10.2 Å². The second kappa shape index (κ2) is 7.80. The third-order valence-electron chi connectivity index (χ3n) is 3.40. The first-order chi connectivity index (χ1) is 12.1. The first-order valence-electron chi connectivity index (χ1n) is 7.56. The fraction of sp³-hybridized carbons (Fsp3) is 0.176. The summed E-state index contributed by atoms with van der Waals surface area (Å²) in [7, 11) is 1.74. The molecule has 0 saturated carbocycles. The van der Waals surface area contributed by atoms with E-state index in [1.165, 1.54) is 0 Å². The Labute approximate surface area is 148 Å². The van der Waals surface area contributed by atoms with Gasteiger partial charge in [-0.2, -0.15) is 0 Å². The molecular formula is C17H16N4O3S. The molecule has 8 heteroatoms. The zero-order valence-corrected chi connectivity index (χ0v) is 14.3. The molecule has 0 fully saturated rings. The van der Waals surface area contributed by atoms with Crippen LogP contribution in [0.1, 0.15) is 21.9 Å². The SMILES string of the molecule is Cn1cccc1C(=O)NC(=O)CSc1nnc(Cc2ccccc2)o1. The van der Waals surface area contributed by atoms with Gasteiger partial charge in [0.15, 0.2) is 0 Å². The van der Waals surface area contributed by atoms with Crippen molar-refractivity contribution in [2.75, 3.05) is 5.75 Å². The van der Waals surface area contributed by atoms with Gasteiger partial charge in [0.1, 0.15) is 5.69 Å². The molecule has 0 spiro atoms. The molecule has 2 amide bonds. The maximum atomic E-state index is 11.9. The Bertz CT molecular complexity index is 873. The Morgan fingerprint density at radius 2 is 1.96 bits per heavy atom. The fourth-order valence-electron chi connectivity index (χ4n) is 2.19. The number of nitrogens with one attached hydrogen (secondary N) is 1. The van der Waals surface area contributed by atoms with Crippen molar-refractivity contribution < 1.29 is 14.0 Å². The summed E-state index contributed by atoms with van der Waals surface area (Å²) in [4.78, 5) is 23.8. The minimum Gasteiger partial charge on any atom is -0.416 e. The van der Waals surface area contributed by atoms with Crippen molar-refractivity contribution in [3.8, 4) is 0 Å². The van der Waals surface area contributed by atoms with Crippen LogP contribution in [0.3, 0.4) is 0 Å². The predicted octanol–water partition coefficient (Wildman–Crippen LogP) is 2.05. The molecule has 0 saturated heterocycles. The van der Waals surface area contributed by atoms with Crippen LogP contribution >= 0.6 is 11.8 Å². The summed E-state index contributed by atoms with van der Waals surface area (Å²) in [5.41, 5.74) is 1.48. The average Bonchev–Trinajstić information content (AvgIpc) is 3.23. The van der Waals surface area contributed by atoms with E-state index >= 15 is 0 Å². The van der Waals surface area contributed by atoms with Gasteiger partial charge >= 0.3 is 0 Å². The van der Waals surface area contributed by atoms with Gasteiger partial charge in [-0.1, -0.05) is 42.1 Å². The number of amides is 2. The number of thioether (sulfide) groups is 1. The molecule has 0 aliphatic rings. The molecule has 0 unspecified atom stereocenters. The monoisotopic (exact) mass is 356 g/mol. The Kier molecular flexibility index (Phi) is 5.30. The first kappa shape index (κ1) is 17.0. The van der Waals surface area contributed by atoms with Gasteiger partial charge in [0.2, 0.25) is 11.8 Å². The summed E-state index contributed by atoms with van der Waals surface area (Å²) in [6.07, 6.45) is 2.27. The highest BCUT2D eigenvalue weighted by Crippen LogP contribution is 2.17. The summed E-state index contributed by atoms with van der Waals surface area (Å²) in [5.74, 6) is -0.357. The van der Waals surface area contributed by atoms with Gasteiger partial charge < -0.3 is 8.98 Å². The molecule has 128 valence electrons. The van der Waals surface area contributed by atoms with Gasteiger partial charge in [0.05, 0.1) is 12.2 Å². The Hall–Kier alpha value is -2.87. The largest absolute Gasteiger partial charge is 0.416 e. The van der Waals surface area contributed by atoms with E-state index in [2.05, 4.69) is 15.5 Å². The van der Waals surface area contributed by atoms with Crippen LogP contribution in [0.2, 0.25) is 0 Å². The number of nitrogens with zero attached hydrogens (tertiary/aromatic N) is 3. The van der Waals surface area contributed by atoms with Crippen LogP contribution in [-0.2, 0) is 18.3 Å². The maximum absolute atomic E-state index is 11.9. The van der Waals surface area contributed by atoms with Crippen molar-refractivity contribution in [1.29, 1.82) is 0 Å². The lowest BCUT2D eigenvalue weighted by Gasteiger charge is -2.03. The van der Waals surface area contributed by atoms with Gasteiger partial charge in [-0.25, -0.2) is 0 Å². The van der Waals surface area contributed by atoms with Crippen LogP contribution < -0.4 is 5.32 Å². The molecule has 0 bridgehead atoms. The van der Waals surface area contributed by atoms with Crippen LogP contribution in [0.25, 0.3) is 0 Å². The molecule has 2 aromatic heterocycles. The zero-order valence-electron chi connectivity index (χ0n) is 13.5. The van der Waals surface area contributed by atoms with E-state index in [9.17, 15) is 9.59 Å². The van der Waals surface area contributed by atoms with Crippen molar-refractivity contribution in [1.82, 2.24) is 20.1 Å². The van der Waals surface area contributed by atoms with Crippen LogP contribution in [-0.4, -0.2) is 32.3 Å². The van der Waals surface area contributed by atoms with E-state index in [-0.39, 0.29) is 5.75 Å². The van der Waals surface area contributed by atoms with Crippen LogP contribution in [0.4, 0.5) is 0 Å². The number of aromatic nitrogens is 3. The Morgan fingerprint density at radius 3 is 2.68 bits per heavy atom. The molecule has 0 aliphatic carbocycles. The molecule has 7 nitrogen and oxygen atoms in total. The number of benzene rings is 1. The van der Waals surface area contributed by atoms with E-state index in [1.54, 1.807) is 29.9 Å². The fourth-order valence-corrected chi connectivity index (χ4v) is 2.77. The quantitative estimate of drug-likeness (QED) is 0.680. The molecule has 0 aliphatic heterocycles. The number of imide groups is 1. The van der Waals surface area contributed by atoms with Gasteiger partial charge in [-0.05, 0) is 17.7 Å². The molecule has 1 N–H and O–H groups in total. The van der Waals surface area contributed by atoms with Crippen molar-refractivity contribution in [3.05, 3.63) is 65.8 Å². The number of carbonyl (C=O) groups excluding carboxylic acids is 2. The molecule has 2 heterocycles. The van der Waals surface area contributed by atoms with Crippen LogP contribution in [0.15, 0.2) is 58.3 Å². The second-order valence-corrected chi connectivity index (χ2v) is 6.22. The minimum atomic E-state index is -0.437. The number of carbonyl (C=O) groups is 2. The van der Waals surface area contributed by atoms with Gasteiger partial charge in [-0.3, -0.25) is 14.9 Å². The summed E-state index contributed by atoms with van der Waals surface area (Å²) in [6, 6.07) is 13.1. The van der Waals surface area contributed by atoms with E-state index in [0.29, 0.717) is 23.2 Å². The van der Waals surface area contributed by atoms with Gasteiger partial charge in [0.25, 0.3) is 11.1 Å². The number of aryl methyl sites for hydroxylation is 1. The topological polar surface area (TPSA) is 90.0 Å². The number of hydrogen-bond acceptors (Lipinski definition) is 6. The van der Waals surface area contributed by atoms with E-state index < -0.39 is 11.8 Å². The van der Waals surface area contributed by atoms with Crippen molar-refractivity contribution >= 4 is 23.6 Å². The summed E-state index contributed by atoms with van der Waals surface area (Å²) in [5, 5.41) is 10.5. The van der Waals surface area contributed by atoms with Crippen LogP contribution in [0.5, 0.6) is 0 Å². The van der Waals surface area contributed by atoms with Gasteiger partial charge in [0, 0.05) is 13.2 Å². The highest BCUT2D eigenvalue weighted by Gasteiger charge is 2.15. The van der Waals surface area contributed by atoms with E-state index in [0.717, 1.165) is 17.3 Å². The first-order valence-corrected chi connectivity index (χ1v) is 8.55. The Morgan fingerprint density at radius 1 is 1.16 bits per heavy atom. The van der Waals surface area contributed by atoms with Crippen LogP contribution in [0, 0.1) is 0 Å². The summed E-state index contributed by atoms with van der Waals surface area (Å²) >= 11 is 1.09. The lowest BCUT2D eigenvalue weighted by Crippen LogP contribution is -2.32. The lowest BCUT2D eigenvalue weighted by atomic mass is 10.2. The molecule has 3 rings (SSSR count). The van der Waals surface area contributed by atoms with E-state index in [1.807, 2.05) is 30.3 Å². The third kappa shape index (κ3) is 4.57. The third-order valence-corrected chi connectivity index (χ3v) is 4.22. The average molecular weight is 356 g/mol. The normalized spacial score (nSPS) is 10.6. The number of hydrogen-bond donors (Lipinski definition) is 1. The standard InChI is InChI=1S/C17H16N4O3S/c1-21-9-5-8-13(21)16(23)18-14(22)11-25-17-20-19-15(24-17)10-12-6-3-2-4-7-12/h2-9H,10-11H2,1H3,(H,18,22,23). The van der Waals surface area contributed by atoms with Crippen molar-refractivity contribution in [2.24, 2.45) is 7.05 Å². The minimum absolute atomic E-state index is 0.0170. The molecular weight excluding hydrogens is 340 g/mol. The smallest absolute Gasteiger partial charge is 0.277 e. The highest BCUT2D eigenvalue weighted by molar-refractivity contribution is 7.99. The summed E-state index contributed by atoms with van der Waals surface area (Å²) in [6.45, 7) is 0. The predicted molar refractivity (Wildman–Crippen MR) is 92.2 cm³/mol.